The van der Waals surface area contributed by atoms with Crippen LogP contribution in [0.3, 0.4) is 0 Å². The summed E-state index contributed by atoms with van der Waals surface area (Å²) in [7, 11) is 0.0251. The molecule has 0 aliphatic heterocycles. The van der Waals surface area contributed by atoms with Gasteiger partial charge in [0.05, 0.1) is 0 Å². The fraction of sp³-hybridized carbons (Fsp3) is 0. The quantitative estimate of drug-likeness (QED) is 0.599. The van der Waals surface area contributed by atoms with E-state index >= 15 is 0 Å². The van der Waals surface area contributed by atoms with E-state index in [-0.39, 0.29) is 10.5 Å². The molecule has 0 amide bonds. The Morgan fingerprint density at radius 3 is 2.12 bits per heavy atom. The smallest absolute Gasteiger partial charge is 0.199 e. The highest BCUT2D eigenvalue weighted by molar-refractivity contribution is 7.36. The van der Waals surface area contributed by atoms with Crippen LogP contribution in [0.25, 0.3) is 16.2 Å². The number of nitrogens with zero attached hydrogens (tertiary/aromatic N) is 1. The second-order valence-corrected chi connectivity index (χ2v) is 5.45. The number of thiazole rings is 1. The number of rotatable bonds is 2. The van der Waals surface area contributed by atoms with Gasteiger partial charge < -0.3 is 0 Å². The van der Waals surface area contributed by atoms with E-state index in [9.17, 15) is 0 Å². The Hall–Kier alpha value is -1.93. The van der Waals surface area contributed by atoms with Crippen molar-refractivity contribution in [3.8, 4) is 16.2 Å². The summed E-state index contributed by atoms with van der Waals surface area (Å²) in [4.78, 5) is 5.83. The third kappa shape index (κ3) is 2.12. The van der Waals surface area contributed by atoms with Gasteiger partial charge in [-0.2, -0.15) is 4.98 Å². The second-order valence-electron chi connectivity index (χ2n) is 3.79. The molecule has 3 aromatic rings. The Labute approximate surface area is 103 Å². The Kier molecular flexibility index (Phi) is 2.72. The van der Waals surface area contributed by atoms with Crippen LogP contribution in [0.4, 0.5) is 0 Å². The van der Waals surface area contributed by atoms with Crippen molar-refractivity contribution < 1.29 is 0 Å². The van der Waals surface area contributed by atoms with Crippen LogP contribution in [-0.4, -0.2) is 4.98 Å². The average molecular weight is 238 g/mol. The number of hydrogen-bond donors (Lipinski definition) is 0. The topological polar surface area (TPSA) is 12.9 Å². The second kappa shape index (κ2) is 4.52. The highest BCUT2D eigenvalue weighted by atomic mass is 32.2. The monoisotopic (exact) mass is 238 g/mol. The van der Waals surface area contributed by atoms with Crippen molar-refractivity contribution in [2.75, 3.05) is 0 Å². The minimum Gasteiger partial charge on any atom is -0.199 e. The normalized spacial score (nSPS) is 11.4. The van der Waals surface area contributed by atoms with Gasteiger partial charge in [-0.05, 0) is 12.1 Å². The van der Waals surface area contributed by atoms with Gasteiger partial charge in [-0.15, -0.1) is 0 Å². The molecule has 1 heterocycles. The highest BCUT2D eigenvalue weighted by Crippen LogP contribution is 2.33. The molecule has 1 atom stereocenters. The van der Waals surface area contributed by atoms with E-state index in [1.165, 1.54) is 10.5 Å². The van der Waals surface area contributed by atoms with Crippen LogP contribution in [-0.2, 0) is 0 Å². The maximum Gasteiger partial charge on any atom is 0.235 e. The Morgan fingerprint density at radius 2 is 1.41 bits per heavy atom. The fourth-order valence-corrected chi connectivity index (χ4v) is 3.21. The van der Waals surface area contributed by atoms with Gasteiger partial charge in [0.2, 0.25) is 5.51 Å². The first kappa shape index (κ1) is 10.2. The molecule has 3 rings (SSSR count). The zero-order chi connectivity index (χ0) is 11.5. The van der Waals surface area contributed by atoms with Crippen molar-refractivity contribution in [3.05, 3.63) is 71.6 Å². The SMILES string of the molecule is c1ccc(-c2c[s+](-c3ccccc3)cn2)cc1. The van der Waals surface area contributed by atoms with Gasteiger partial charge in [0.25, 0.3) is 0 Å². The van der Waals surface area contributed by atoms with Gasteiger partial charge in [-0.1, -0.05) is 48.5 Å². The van der Waals surface area contributed by atoms with Crippen LogP contribution in [0.2, 0.25) is 0 Å². The van der Waals surface area contributed by atoms with Gasteiger partial charge in [0, 0.05) is 16.0 Å². The Morgan fingerprint density at radius 1 is 0.765 bits per heavy atom. The fourth-order valence-electron chi connectivity index (χ4n) is 1.75. The molecule has 82 valence electrons. The first-order chi connectivity index (χ1) is 8.43. The Bertz CT molecular complexity index is 545. The molecule has 0 aliphatic carbocycles. The van der Waals surface area contributed by atoms with Crippen LogP contribution in [0.15, 0.2) is 71.6 Å². The predicted molar refractivity (Wildman–Crippen MR) is 73.5 cm³/mol. The zero-order valence-electron chi connectivity index (χ0n) is 9.28. The molecular formula is C15H12NS+. The molecule has 0 bridgehead atoms. The summed E-state index contributed by atoms with van der Waals surface area (Å²) in [6, 6.07) is 20.8. The highest BCUT2D eigenvalue weighted by Gasteiger charge is 2.12. The molecule has 0 N–H and O–H groups in total. The minimum absolute atomic E-state index is 0.0251. The molecule has 1 nitrogen and oxygen atoms in total. The standard InChI is InChI=1S/C15H12NS/c1-3-7-13(8-4-1)15-11-17(12-16-15)14-9-5-2-6-10-14/h1-12H/q+1. The van der Waals surface area contributed by atoms with Crippen LogP contribution >= 0.6 is 10.5 Å². The first-order valence-corrected chi connectivity index (χ1v) is 6.87. The van der Waals surface area contributed by atoms with E-state index in [0.717, 1.165) is 5.69 Å². The molecule has 1 unspecified atom stereocenters. The van der Waals surface area contributed by atoms with Crippen molar-refractivity contribution in [1.82, 2.24) is 4.98 Å². The third-order valence-electron chi connectivity index (χ3n) is 2.63. The van der Waals surface area contributed by atoms with E-state index in [2.05, 4.69) is 46.8 Å². The minimum atomic E-state index is 0.0251. The summed E-state index contributed by atoms with van der Waals surface area (Å²) in [5.41, 5.74) is 4.31. The largest absolute Gasteiger partial charge is 0.235 e. The summed E-state index contributed by atoms with van der Waals surface area (Å²) in [6.45, 7) is 0. The van der Waals surface area contributed by atoms with E-state index < -0.39 is 0 Å². The molecule has 0 saturated carbocycles. The molecule has 2 aromatic carbocycles. The zero-order valence-corrected chi connectivity index (χ0v) is 10.1. The molecule has 1 aromatic heterocycles. The molecule has 0 fully saturated rings. The number of hydrogen-bond acceptors (Lipinski definition) is 1. The van der Waals surface area contributed by atoms with Crippen LogP contribution in [0.1, 0.15) is 0 Å². The molecule has 0 spiro atoms. The van der Waals surface area contributed by atoms with E-state index in [1.807, 2.05) is 29.8 Å². The summed E-state index contributed by atoms with van der Waals surface area (Å²) < 4.78 is 0. The summed E-state index contributed by atoms with van der Waals surface area (Å²) in [5, 5.41) is 2.24. The lowest BCUT2D eigenvalue weighted by Gasteiger charge is -1.91. The summed E-state index contributed by atoms with van der Waals surface area (Å²) in [5.74, 6) is 0. The van der Waals surface area contributed by atoms with Gasteiger partial charge in [0.15, 0.2) is 10.3 Å². The summed E-state index contributed by atoms with van der Waals surface area (Å²) >= 11 is 0. The lowest BCUT2D eigenvalue weighted by Crippen LogP contribution is -1.73. The maximum atomic E-state index is 4.51. The molecule has 17 heavy (non-hydrogen) atoms. The lowest BCUT2D eigenvalue weighted by molar-refractivity contribution is 1.41. The molecule has 0 saturated heterocycles. The van der Waals surface area contributed by atoms with Crippen molar-refractivity contribution in [2.24, 2.45) is 0 Å². The van der Waals surface area contributed by atoms with Crippen molar-refractivity contribution in [1.29, 1.82) is 0 Å². The van der Waals surface area contributed by atoms with Crippen molar-refractivity contribution in [2.45, 2.75) is 0 Å². The van der Waals surface area contributed by atoms with Gasteiger partial charge in [0.1, 0.15) is 5.69 Å². The van der Waals surface area contributed by atoms with E-state index in [1.54, 1.807) is 0 Å². The van der Waals surface area contributed by atoms with E-state index in [0.29, 0.717) is 0 Å². The molecule has 0 aliphatic rings. The molecular weight excluding hydrogens is 226 g/mol. The van der Waals surface area contributed by atoms with Crippen LogP contribution < -0.4 is 0 Å². The van der Waals surface area contributed by atoms with Gasteiger partial charge >= 0.3 is 0 Å². The predicted octanol–water partition coefficient (Wildman–Crippen LogP) is 4.49. The van der Waals surface area contributed by atoms with Crippen molar-refractivity contribution in [3.63, 3.8) is 0 Å². The average Bonchev–Trinajstić information content (AvgIpc) is 2.90. The lowest BCUT2D eigenvalue weighted by atomic mass is 10.2. The van der Waals surface area contributed by atoms with Crippen LogP contribution in [0, 0.1) is 0 Å². The van der Waals surface area contributed by atoms with Crippen LogP contribution in [0.5, 0.6) is 0 Å². The summed E-state index contributed by atoms with van der Waals surface area (Å²) in [6.07, 6.45) is 0. The molecule has 2 heteroatoms. The maximum absolute atomic E-state index is 4.51. The Balaban J connectivity index is 1.99. The van der Waals surface area contributed by atoms with Gasteiger partial charge in [-0.25, -0.2) is 0 Å². The number of aromatic nitrogens is 1. The van der Waals surface area contributed by atoms with Crippen molar-refractivity contribution >= 4 is 10.5 Å². The third-order valence-corrected chi connectivity index (χ3v) is 4.26. The van der Waals surface area contributed by atoms with Gasteiger partial charge in [-0.3, -0.25) is 0 Å². The molecule has 0 radical (unpaired) electrons. The first-order valence-electron chi connectivity index (χ1n) is 5.52. The number of benzene rings is 2. The van der Waals surface area contributed by atoms with E-state index in [4.69, 9.17) is 0 Å².